The van der Waals surface area contributed by atoms with Crippen molar-refractivity contribution in [3.05, 3.63) is 35.1 Å². The number of rotatable bonds is 3. The molecule has 1 aromatic carbocycles. The molecule has 1 aliphatic rings. The Morgan fingerprint density at radius 1 is 1.61 bits per heavy atom. The van der Waals surface area contributed by atoms with E-state index in [2.05, 4.69) is 10.6 Å². The van der Waals surface area contributed by atoms with Crippen LogP contribution in [0.25, 0.3) is 0 Å². The van der Waals surface area contributed by atoms with E-state index in [4.69, 9.17) is 4.74 Å². The van der Waals surface area contributed by atoms with Crippen molar-refractivity contribution in [3.8, 4) is 0 Å². The van der Waals surface area contributed by atoms with Crippen molar-refractivity contribution in [3.63, 3.8) is 0 Å². The number of nitrogens with one attached hydrogen (secondary N) is 2. The summed E-state index contributed by atoms with van der Waals surface area (Å²) in [6, 6.07) is 4.49. The van der Waals surface area contributed by atoms with E-state index in [1.54, 1.807) is 13.0 Å². The van der Waals surface area contributed by atoms with Crippen LogP contribution in [-0.4, -0.2) is 38.3 Å². The van der Waals surface area contributed by atoms with Gasteiger partial charge in [0.05, 0.1) is 13.2 Å². The second-order valence-corrected chi connectivity index (χ2v) is 4.40. The quantitative estimate of drug-likeness (QED) is 0.838. The highest BCUT2D eigenvalue weighted by Gasteiger charge is 2.14. The van der Waals surface area contributed by atoms with E-state index < -0.39 is 0 Å². The van der Waals surface area contributed by atoms with Crippen LogP contribution in [-0.2, 0) is 4.74 Å². The Labute approximate surface area is 106 Å². The fourth-order valence-electron chi connectivity index (χ4n) is 1.85. The van der Waals surface area contributed by atoms with Gasteiger partial charge in [0, 0.05) is 24.7 Å². The number of amides is 1. The molecule has 0 spiro atoms. The molecule has 1 unspecified atom stereocenters. The van der Waals surface area contributed by atoms with Gasteiger partial charge in [-0.2, -0.15) is 0 Å². The zero-order valence-corrected chi connectivity index (χ0v) is 10.3. The molecule has 0 aliphatic carbocycles. The number of benzene rings is 1. The molecule has 0 aromatic heterocycles. The fourth-order valence-corrected chi connectivity index (χ4v) is 1.85. The van der Waals surface area contributed by atoms with Crippen LogP contribution in [0.3, 0.4) is 0 Å². The first kappa shape index (κ1) is 13.0. The van der Waals surface area contributed by atoms with E-state index in [-0.39, 0.29) is 17.8 Å². The van der Waals surface area contributed by atoms with Crippen LogP contribution < -0.4 is 10.6 Å². The average Bonchev–Trinajstić information content (AvgIpc) is 2.40. The molecule has 0 saturated carbocycles. The number of ether oxygens (including phenoxy) is 1. The molecule has 2 rings (SSSR count). The minimum atomic E-state index is -0.297. The highest BCUT2D eigenvalue weighted by molar-refractivity contribution is 5.94. The van der Waals surface area contributed by atoms with Gasteiger partial charge in [0.1, 0.15) is 5.82 Å². The Hall–Kier alpha value is -1.46. The third-order valence-corrected chi connectivity index (χ3v) is 2.93. The van der Waals surface area contributed by atoms with Crippen LogP contribution in [0.15, 0.2) is 18.2 Å². The third-order valence-electron chi connectivity index (χ3n) is 2.93. The second kappa shape index (κ2) is 5.93. The molecule has 98 valence electrons. The summed E-state index contributed by atoms with van der Waals surface area (Å²) < 4.78 is 18.4. The van der Waals surface area contributed by atoms with Gasteiger partial charge in [0.2, 0.25) is 0 Å². The summed E-state index contributed by atoms with van der Waals surface area (Å²) in [6.45, 7) is 4.26. The van der Waals surface area contributed by atoms with Gasteiger partial charge in [-0.15, -0.1) is 0 Å². The van der Waals surface area contributed by atoms with Crippen LogP contribution in [0.1, 0.15) is 15.9 Å². The molecular weight excluding hydrogens is 235 g/mol. The maximum Gasteiger partial charge on any atom is 0.251 e. The maximum atomic E-state index is 13.1. The SMILES string of the molecule is Cc1cc(C(=O)NCC2COCCN2)ccc1F. The molecule has 2 N–H and O–H groups in total. The lowest BCUT2D eigenvalue weighted by atomic mass is 10.1. The normalized spacial score (nSPS) is 19.6. The molecule has 1 amide bonds. The number of hydrogen-bond donors (Lipinski definition) is 2. The van der Waals surface area contributed by atoms with Gasteiger partial charge in [-0.05, 0) is 30.7 Å². The topological polar surface area (TPSA) is 50.4 Å². The largest absolute Gasteiger partial charge is 0.378 e. The lowest BCUT2D eigenvalue weighted by Gasteiger charge is -2.23. The van der Waals surface area contributed by atoms with Gasteiger partial charge < -0.3 is 15.4 Å². The highest BCUT2D eigenvalue weighted by atomic mass is 19.1. The predicted octanol–water partition coefficient (Wildman–Crippen LogP) is 0.852. The number of carbonyl (C=O) groups excluding carboxylic acids is 1. The Kier molecular flexibility index (Phi) is 4.28. The molecule has 0 bridgehead atoms. The zero-order valence-electron chi connectivity index (χ0n) is 10.3. The average molecular weight is 252 g/mol. The number of aryl methyl sites for hydroxylation is 1. The summed E-state index contributed by atoms with van der Waals surface area (Å²) >= 11 is 0. The molecule has 1 heterocycles. The summed E-state index contributed by atoms with van der Waals surface area (Å²) in [5, 5.41) is 6.06. The molecule has 18 heavy (non-hydrogen) atoms. The molecule has 1 aromatic rings. The van der Waals surface area contributed by atoms with Crippen molar-refractivity contribution in [1.29, 1.82) is 0 Å². The number of morpholine rings is 1. The second-order valence-electron chi connectivity index (χ2n) is 4.40. The summed E-state index contributed by atoms with van der Waals surface area (Å²) in [5.41, 5.74) is 0.951. The van der Waals surface area contributed by atoms with Gasteiger partial charge in [0.25, 0.3) is 5.91 Å². The molecule has 5 heteroatoms. The van der Waals surface area contributed by atoms with Crippen LogP contribution in [0.5, 0.6) is 0 Å². The summed E-state index contributed by atoms with van der Waals surface area (Å²) in [5.74, 6) is -0.487. The van der Waals surface area contributed by atoms with E-state index in [0.717, 1.165) is 6.54 Å². The van der Waals surface area contributed by atoms with Gasteiger partial charge in [-0.3, -0.25) is 4.79 Å². The fraction of sp³-hybridized carbons (Fsp3) is 0.462. The molecule has 4 nitrogen and oxygen atoms in total. The van der Waals surface area contributed by atoms with Crippen molar-refractivity contribution in [2.45, 2.75) is 13.0 Å². The van der Waals surface area contributed by atoms with E-state index >= 15 is 0 Å². The molecule has 1 saturated heterocycles. The van der Waals surface area contributed by atoms with Crippen LogP contribution in [0.2, 0.25) is 0 Å². The van der Waals surface area contributed by atoms with Crippen molar-refractivity contribution in [2.24, 2.45) is 0 Å². The smallest absolute Gasteiger partial charge is 0.251 e. The Balaban J connectivity index is 1.88. The molecule has 0 radical (unpaired) electrons. The molecule has 1 aliphatic heterocycles. The van der Waals surface area contributed by atoms with Gasteiger partial charge in [0.15, 0.2) is 0 Å². The van der Waals surface area contributed by atoms with Crippen molar-refractivity contribution < 1.29 is 13.9 Å². The Bertz CT molecular complexity index is 431. The first-order chi connectivity index (χ1) is 8.66. The number of hydrogen-bond acceptors (Lipinski definition) is 3. The van der Waals surface area contributed by atoms with E-state index in [1.807, 2.05) is 0 Å². The third kappa shape index (κ3) is 3.27. The lowest BCUT2D eigenvalue weighted by Crippen LogP contribution is -2.48. The molecular formula is C13H17FN2O2. The van der Waals surface area contributed by atoms with Crippen molar-refractivity contribution >= 4 is 5.91 Å². The van der Waals surface area contributed by atoms with Crippen LogP contribution >= 0.6 is 0 Å². The summed E-state index contributed by atoms with van der Waals surface area (Å²) in [4.78, 5) is 11.8. The van der Waals surface area contributed by atoms with E-state index in [9.17, 15) is 9.18 Å². The first-order valence-electron chi connectivity index (χ1n) is 6.02. The molecule has 1 fully saturated rings. The number of carbonyl (C=O) groups is 1. The minimum absolute atomic E-state index is 0.143. The minimum Gasteiger partial charge on any atom is -0.378 e. The van der Waals surface area contributed by atoms with Gasteiger partial charge >= 0.3 is 0 Å². The summed E-state index contributed by atoms with van der Waals surface area (Å²) in [7, 11) is 0. The first-order valence-corrected chi connectivity index (χ1v) is 6.02. The van der Waals surface area contributed by atoms with E-state index in [1.165, 1.54) is 12.1 Å². The van der Waals surface area contributed by atoms with Crippen LogP contribution in [0, 0.1) is 12.7 Å². The van der Waals surface area contributed by atoms with E-state index in [0.29, 0.717) is 30.9 Å². The van der Waals surface area contributed by atoms with Crippen molar-refractivity contribution in [1.82, 2.24) is 10.6 Å². The lowest BCUT2D eigenvalue weighted by molar-refractivity contribution is 0.0734. The Morgan fingerprint density at radius 3 is 3.11 bits per heavy atom. The maximum absolute atomic E-state index is 13.1. The van der Waals surface area contributed by atoms with Crippen LogP contribution in [0.4, 0.5) is 4.39 Å². The van der Waals surface area contributed by atoms with Crippen molar-refractivity contribution in [2.75, 3.05) is 26.3 Å². The monoisotopic (exact) mass is 252 g/mol. The summed E-state index contributed by atoms with van der Waals surface area (Å²) in [6.07, 6.45) is 0. The highest BCUT2D eigenvalue weighted by Crippen LogP contribution is 2.09. The zero-order chi connectivity index (χ0) is 13.0. The van der Waals surface area contributed by atoms with Gasteiger partial charge in [-0.1, -0.05) is 0 Å². The Morgan fingerprint density at radius 2 is 2.44 bits per heavy atom. The molecule has 1 atom stereocenters. The predicted molar refractivity (Wildman–Crippen MR) is 66.1 cm³/mol. The van der Waals surface area contributed by atoms with Gasteiger partial charge in [-0.25, -0.2) is 4.39 Å². The standard InChI is InChI=1S/C13H17FN2O2/c1-9-6-10(2-3-12(9)14)13(17)16-7-11-8-18-5-4-15-11/h2-3,6,11,15H,4-5,7-8H2,1H3,(H,16,17). The number of halogens is 1.